The lowest BCUT2D eigenvalue weighted by Gasteiger charge is -2.35. The summed E-state index contributed by atoms with van der Waals surface area (Å²) in [5.74, 6) is 1.61. The molecule has 1 aromatic heterocycles. The topological polar surface area (TPSA) is 74.5 Å². The van der Waals surface area contributed by atoms with Crippen LogP contribution < -0.4 is 5.32 Å². The van der Waals surface area contributed by atoms with Crippen LogP contribution >= 0.6 is 11.6 Å². The molecule has 3 rings (SSSR count). The van der Waals surface area contributed by atoms with Crippen LogP contribution in [0, 0.1) is 5.92 Å². The van der Waals surface area contributed by atoms with E-state index in [4.69, 9.17) is 16.1 Å². The molecule has 1 saturated heterocycles. The van der Waals surface area contributed by atoms with E-state index in [1.54, 1.807) is 12.1 Å². The molecular weight excluding hydrogens is 402 g/mol. The Morgan fingerprint density at radius 2 is 1.90 bits per heavy atom. The zero-order valence-corrected chi connectivity index (χ0v) is 18.7. The number of benzene rings is 1. The molecule has 1 aliphatic rings. The van der Waals surface area contributed by atoms with Crippen LogP contribution in [0.1, 0.15) is 32.6 Å². The van der Waals surface area contributed by atoms with Crippen molar-refractivity contribution in [3.63, 3.8) is 0 Å². The third-order valence-corrected chi connectivity index (χ3v) is 5.75. The SMILES string of the molecule is CCN1CCN(C[C@H](C)CNC(=O)CCCc2nc(-c3ccc(Cl)cc3)no2)CC1. The number of rotatable bonds is 10. The molecule has 1 aliphatic heterocycles. The van der Waals surface area contributed by atoms with Gasteiger partial charge in [-0.25, -0.2) is 0 Å². The molecule has 8 heteroatoms. The number of piperazine rings is 1. The number of carbonyl (C=O) groups excluding carboxylic acids is 1. The molecule has 0 saturated carbocycles. The second kappa shape index (κ2) is 11.4. The summed E-state index contributed by atoms with van der Waals surface area (Å²) in [6.45, 7) is 11.8. The summed E-state index contributed by atoms with van der Waals surface area (Å²) in [6.07, 6.45) is 1.73. The van der Waals surface area contributed by atoms with Crippen molar-refractivity contribution in [2.75, 3.05) is 45.8 Å². The minimum atomic E-state index is 0.0788. The molecule has 164 valence electrons. The van der Waals surface area contributed by atoms with Crippen molar-refractivity contribution < 1.29 is 9.32 Å². The monoisotopic (exact) mass is 433 g/mol. The molecular formula is C22H32ClN5O2. The van der Waals surface area contributed by atoms with Gasteiger partial charge in [0.2, 0.25) is 17.6 Å². The summed E-state index contributed by atoms with van der Waals surface area (Å²) < 4.78 is 5.29. The summed E-state index contributed by atoms with van der Waals surface area (Å²) in [4.78, 5) is 21.5. The molecule has 1 fully saturated rings. The maximum Gasteiger partial charge on any atom is 0.226 e. The van der Waals surface area contributed by atoms with E-state index >= 15 is 0 Å². The molecule has 30 heavy (non-hydrogen) atoms. The number of aryl methyl sites for hydroxylation is 1. The van der Waals surface area contributed by atoms with Crippen molar-refractivity contribution >= 4 is 17.5 Å². The quantitative estimate of drug-likeness (QED) is 0.620. The standard InChI is InChI=1S/C22H32ClN5O2/c1-3-27-11-13-28(14-12-27)16-17(2)15-24-20(29)5-4-6-21-25-22(26-30-21)18-7-9-19(23)10-8-18/h7-10,17H,3-6,11-16H2,1-2H3,(H,24,29)/t17-/m1/s1. The number of hydrogen-bond acceptors (Lipinski definition) is 6. The lowest BCUT2D eigenvalue weighted by molar-refractivity contribution is -0.121. The van der Waals surface area contributed by atoms with Gasteiger partial charge in [0.1, 0.15) is 0 Å². The minimum absolute atomic E-state index is 0.0788. The van der Waals surface area contributed by atoms with Crippen molar-refractivity contribution in [2.45, 2.75) is 33.1 Å². The number of amides is 1. The summed E-state index contributed by atoms with van der Waals surface area (Å²) in [5, 5.41) is 7.73. The van der Waals surface area contributed by atoms with Gasteiger partial charge < -0.3 is 19.6 Å². The normalized spacial score (nSPS) is 16.5. The predicted molar refractivity (Wildman–Crippen MR) is 118 cm³/mol. The molecule has 2 heterocycles. The number of halogens is 1. The molecule has 7 nitrogen and oxygen atoms in total. The highest BCUT2D eigenvalue weighted by Gasteiger charge is 2.17. The van der Waals surface area contributed by atoms with Crippen LogP contribution in [0.5, 0.6) is 0 Å². The average molecular weight is 434 g/mol. The Balaban J connectivity index is 1.31. The fourth-order valence-electron chi connectivity index (χ4n) is 3.64. The van der Waals surface area contributed by atoms with Crippen molar-refractivity contribution in [1.82, 2.24) is 25.3 Å². The number of hydrogen-bond donors (Lipinski definition) is 1. The first-order valence-electron chi connectivity index (χ1n) is 10.8. The van der Waals surface area contributed by atoms with Gasteiger partial charge in [0, 0.05) is 62.7 Å². The summed E-state index contributed by atoms with van der Waals surface area (Å²) in [6, 6.07) is 7.30. The van der Waals surface area contributed by atoms with Gasteiger partial charge in [-0.05, 0) is 43.1 Å². The molecule has 0 spiro atoms. The van der Waals surface area contributed by atoms with Gasteiger partial charge >= 0.3 is 0 Å². The Bertz CT molecular complexity index is 787. The molecule has 0 bridgehead atoms. The Morgan fingerprint density at radius 3 is 2.60 bits per heavy atom. The Labute approximate surface area is 183 Å². The highest BCUT2D eigenvalue weighted by Crippen LogP contribution is 2.19. The number of nitrogens with one attached hydrogen (secondary N) is 1. The van der Waals surface area contributed by atoms with E-state index in [1.807, 2.05) is 12.1 Å². The van der Waals surface area contributed by atoms with Crippen LogP contribution in [0.4, 0.5) is 0 Å². The molecule has 1 N–H and O–H groups in total. The maximum atomic E-state index is 12.2. The Morgan fingerprint density at radius 1 is 1.20 bits per heavy atom. The van der Waals surface area contributed by atoms with Crippen LogP contribution in [0.2, 0.25) is 5.02 Å². The van der Waals surface area contributed by atoms with Gasteiger partial charge in [0.05, 0.1) is 0 Å². The molecule has 1 atom stereocenters. The van der Waals surface area contributed by atoms with Gasteiger partial charge in [-0.3, -0.25) is 4.79 Å². The molecule has 1 amide bonds. The third-order valence-electron chi connectivity index (χ3n) is 5.49. The van der Waals surface area contributed by atoms with Gasteiger partial charge in [0.15, 0.2) is 0 Å². The molecule has 2 aromatic rings. The highest BCUT2D eigenvalue weighted by atomic mass is 35.5. The van der Waals surface area contributed by atoms with E-state index in [0.29, 0.717) is 48.5 Å². The Hall–Kier alpha value is -1.96. The zero-order chi connectivity index (χ0) is 21.3. The van der Waals surface area contributed by atoms with E-state index in [9.17, 15) is 4.79 Å². The molecule has 1 aromatic carbocycles. The second-order valence-electron chi connectivity index (χ2n) is 8.02. The smallest absolute Gasteiger partial charge is 0.226 e. The number of likely N-dealkylation sites (N-methyl/N-ethyl adjacent to an activating group) is 1. The van der Waals surface area contributed by atoms with E-state index in [2.05, 4.69) is 39.1 Å². The predicted octanol–water partition coefficient (Wildman–Crippen LogP) is 3.10. The minimum Gasteiger partial charge on any atom is -0.356 e. The Kier molecular flexibility index (Phi) is 8.66. The van der Waals surface area contributed by atoms with Crippen molar-refractivity contribution in [2.24, 2.45) is 5.92 Å². The first-order valence-corrected chi connectivity index (χ1v) is 11.2. The maximum absolute atomic E-state index is 12.2. The number of carbonyl (C=O) groups is 1. The fourth-order valence-corrected chi connectivity index (χ4v) is 3.77. The van der Waals surface area contributed by atoms with Crippen LogP contribution in [-0.4, -0.2) is 71.7 Å². The van der Waals surface area contributed by atoms with E-state index in [1.165, 1.54) is 0 Å². The first kappa shape index (κ1) is 22.7. The van der Waals surface area contributed by atoms with Crippen LogP contribution in [0.25, 0.3) is 11.4 Å². The van der Waals surface area contributed by atoms with Crippen LogP contribution in [0.15, 0.2) is 28.8 Å². The molecule has 0 unspecified atom stereocenters. The van der Waals surface area contributed by atoms with Crippen molar-refractivity contribution in [3.8, 4) is 11.4 Å². The van der Waals surface area contributed by atoms with Gasteiger partial charge in [-0.1, -0.05) is 30.6 Å². The zero-order valence-electron chi connectivity index (χ0n) is 17.9. The summed E-state index contributed by atoms with van der Waals surface area (Å²) in [5.41, 5.74) is 0.859. The molecule has 0 radical (unpaired) electrons. The average Bonchev–Trinajstić information content (AvgIpc) is 3.22. The number of nitrogens with zero attached hydrogens (tertiary/aromatic N) is 4. The summed E-state index contributed by atoms with van der Waals surface area (Å²) in [7, 11) is 0. The van der Waals surface area contributed by atoms with E-state index in [-0.39, 0.29) is 5.91 Å². The van der Waals surface area contributed by atoms with Gasteiger partial charge in [-0.2, -0.15) is 4.98 Å². The van der Waals surface area contributed by atoms with Gasteiger partial charge in [0.25, 0.3) is 0 Å². The van der Waals surface area contributed by atoms with E-state index < -0.39 is 0 Å². The van der Waals surface area contributed by atoms with Gasteiger partial charge in [-0.15, -0.1) is 0 Å². The van der Waals surface area contributed by atoms with Crippen molar-refractivity contribution in [3.05, 3.63) is 35.2 Å². The second-order valence-corrected chi connectivity index (χ2v) is 8.45. The highest BCUT2D eigenvalue weighted by molar-refractivity contribution is 6.30. The van der Waals surface area contributed by atoms with Crippen molar-refractivity contribution in [1.29, 1.82) is 0 Å². The summed E-state index contributed by atoms with van der Waals surface area (Å²) >= 11 is 5.90. The first-order chi connectivity index (χ1) is 14.5. The lowest BCUT2D eigenvalue weighted by Crippen LogP contribution is -2.48. The van der Waals surface area contributed by atoms with Crippen LogP contribution in [-0.2, 0) is 11.2 Å². The fraction of sp³-hybridized carbons (Fsp3) is 0.591. The largest absolute Gasteiger partial charge is 0.356 e. The lowest BCUT2D eigenvalue weighted by atomic mass is 10.1. The van der Waals surface area contributed by atoms with Crippen LogP contribution in [0.3, 0.4) is 0 Å². The molecule has 0 aliphatic carbocycles. The number of aromatic nitrogens is 2. The third kappa shape index (κ3) is 7.07. The van der Waals surface area contributed by atoms with E-state index in [0.717, 1.165) is 44.8 Å².